The SMILES string of the molecule is O=C(O)n1nccc1C1CC1. The monoisotopic (exact) mass is 152 g/mol. The minimum Gasteiger partial charge on any atom is -0.463 e. The number of rotatable bonds is 1. The first kappa shape index (κ1) is 6.39. The summed E-state index contributed by atoms with van der Waals surface area (Å²) in [6, 6.07) is 1.77. The highest BCUT2D eigenvalue weighted by atomic mass is 16.4. The van der Waals surface area contributed by atoms with Crippen LogP contribution in [0.4, 0.5) is 4.79 Å². The Morgan fingerprint density at radius 2 is 2.45 bits per heavy atom. The molecule has 0 radical (unpaired) electrons. The van der Waals surface area contributed by atoms with Gasteiger partial charge in [0.1, 0.15) is 0 Å². The van der Waals surface area contributed by atoms with Gasteiger partial charge < -0.3 is 5.11 Å². The maximum atomic E-state index is 10.5. The third kappa shape index (κ3) is 1.00. The Kier molecular flexibility index (Phi) is 1.21. The average Bonchev–Trinajstić information content (AvgIpc) is 2.68. The number of carbonyl (C=O) groups is 1. The largest absolute Gasteiger partial charge is 0.463 e. The first-order valence-electron chi connectivity index (χ1n) is 3.56. The number of carboxylic acid groups (broad SMARTS) is 1. The molecular weight excluding hydrogens is 144 g/mol. The van der Waals surface area contributed by atoms with E-state index >= 15 is 0 Å². The van der Waals surface area contributed by atoms with Crippen molar-refractivity contribution in [2.75, 3.05) is 0 Å². The van der Waals surface area contributed by atoms with E-state index in [1.807, 2.05) is 0 Å². The molecule has 0 unspecified atom stereocenters. The quantitative estimate of drug-likeness (QED) is 0.659. The van der Waals surface area contributed by atoms with Gasteiger partial charge in [-0.15, -0.1) is 0 Å². The fourth-order valence-electron chi connectivity index (χ4n) is 1.16. The number of hydrogen-bond donors (Lipinski definition) is 1. The van der Waals surface area contributed by atoms with E-state index in [2.05, 4.69) is 5.10 Å². The van der Waals surface area contributed by atoms with Crippen molar-refractivity contribution in [3.8, 4) is 0 Å². The number of nitrogens with zero attached hydrogens (tertiary/aromatic N) is 2. The Morgan fingerprint density at radius 1 is 1.73 bits per heavy atom. The van der Waals surface area contributed by atoms with Crippen LogP contribution in [0.3, 0.4) is 0 Å². The molecule has 1 saturated carbocycles. The lowest BCUT2D eigenvalue weighted by Gasteiger charge is -1.97. The van der Waals surface area contributed by atoms with Gasteiger partial charge in [-0.25, -0.2) is 4.79 Å². The lowest BCUT2D eigenvalue weighted by molar-refractivity contribution is 0.191. The van der Waals surface area contributed by atoms with Crippen LogP contribution < -0.4 is 0 Å². The molecule has 4 nitrogen and oxygen atoms in total. The molecule has 11 heavy (non-hydrogen) atoms. The van der Waals surface area contributed by atoms with Gasteiger partial charge in [0.05, 0.1) is 5.69 Å². The Hall–Kier alpha value is -1.32. The van der Waals surface area contributed by atoms with Crippen molar-refractivity contribution in [3.63, 3.8) is 0 Å². The van der Waals surface area contributed by atoms with E-state index in [9.17, 15) is 4.79 Å². The molecule has 0 aliphatic heterocycles. The zero-order valence-electron chi connectivity index (χ0n) is 5.90. The predicted molar refractivity (Wildman–Crippen MR) is 37.6 cm³/mol. The van der Waals surface area contributed by atoms with Gasteiger partial charge in [0.15, 0.2) is 0 Å². The molecule has 1 aliphatic rings. The standard InChI is InChI=1S/C7H8N2O2/c10-7(11)9-6(3-4-8-9)5-1-2-5/h3-5H,1-2H2,(H,10,11). The fourth-order valence-corrected chi connectivity index (χ4v) is 1.16. The van der Waals surface area contributed by atoms with Crippen molar-refractivity contribution in [1.29, 1.82) is 0 Å². The first-order valence-corrected chi connectivity index (χ1v) is 3.56. The molecule has 0 atom stereocenters. The smallest absolute Gasteiger partial charge is 0.432 e. The van der Waals surface area contributed by atoms with E-state index in [0.29, 0.717) is 5.92 Å². The topological polar surface area (TPSA) is 55.1 Å². The maximum Gasteiger partial charge on any atom is 0.432 e. The van der Waals surface area contributed by atoms with Crippen molar-refractivity contribution < 1.29 is 9.90 Å². The highest BCUT2D eigenvalue weighted by molar-refractivity contribution is 5.68. The molecule has 0 spiro atoms. The van der Waals surface area contributed by atoms with Crippen molar-refractivity contribution >= 4 is 6.09 Å². The third-order valence-electron chi connectivity index (χ3n) is 1.85. The summed E-state index contributed by atoms with van der Waals surface area (Å²) in [5.74, 6) is 0.439. The van der Waals surface area contributed by atoms with Crippen LogP contribution in [0.15, 0.2) is 12.3 Å². The normalized spacial score (nSPS) is 16.7. The van der Waals surface area contributed by atoms with Gasteiger partial charge in [0, 0.05) is 12.1 Å². The second kappa shape index (κ2) is 2.08. The van der Waals surface area contributed by atoms with Crippen LogP contribution >= 0.6 is 0 Å². The zero-order valence-corrected chi connectivity index (χ0v) is 5.90. The fraction of sp³-hybridized carbons (Fsp3) is 0.429. The van der Waals surface area contributed by atoms with Crippen LogP contribution in [0, 0.1) is 0 Å². The van der Waals surface area contributed by atoms with E-state index in [4.69, 9.17) is 5.11 Å². The van der Waals surface area contributed by atoms with Crippen molar-refractivity contribution in [3.05, 3.63) is 18.0 Å². The summed E-state index contributed by atoms with van der Waals surface area (Å²) in [7, 11) is 0. The molecule has 1 aromatic rings. The molecule has 1 aromatic heterocycles. The molecule has 1 fully saturated rings. The molecule has 1 N–H and O–H groups in total. The minimum absolute atomic E-state index is 0.439. The second-order valence-electron chi connectivity index (χ2n) is 2.72. The average molecular weight is 152 g/mol. The van der Waals surface area contributed by atoms with Gasteiger partial charge in [-0.2, -0.15) is 9.78 Å². The summed E-state index contributed by atoms with van der Waals surface area (Å²) in [5, 5.41) is 12.3. The van der Waals surface area contributed by atoms with Gasteiger partial charge >= 0.3 is 6.09 Å². The molecular formula is C7H8N2O2. The van der Waals surface area contributed by atoms with E-state index in [-0.39, 0.29) is 0 Å². The lowest BCUT2D eigenvalue weighted by atomic mass is 10.3. The molecule has 0 saturated heterocycles. The van der Waals surface area contributed by atoms with Gasteiger partial charge in [0.2, 0.25) is 0 Å². The van der Waals surface area contributed by atoms with E-state index < -0.39 is 6.09 Å². The minimum atomic E-state index is -0.989. The lowest BCUT2D eigenvalue weighted by Crippen LogP contribution is -2.12. The summed E-state index contributed by atoms with van der Waals surface area (Å²) in [5.41, 5.74) is 0.831. The summed E-state index contributed by atoms with van der Waals surface area (Å²) >= 11 is 0. The zero-order chi connectivity index (χ0) is 7.84. The van der Waals surface area contributed by atoms with Gasteiger partial charge in [0.25, 0.3) is 0 Å². The molecule has 1 aliphatic carbocycles. The molecule has 0 amide bonds. The van der Waals surface area contributed by atoms with Crippen LogP contribution in [0.5, 0.6) is 0 Å². The summed E-state index contributed by atoms with van der Waals surface area (Å²) in [4.78, 5) is 10.5. The third-order valence-corrected chi connectivity index (χ3v) is 1.85. The molecule has 1 heterocycles. The van der Waals surface area contributed by atoms with Crippen LogP contribution in [0.1, 0.15) is 24.5 Å². The highest BCUT2D eigenvalue weighted by Gasteiger charge is 2.28. The molecule has 0 bridgehead atoms. The van der Waals surface area contributed by atoms with Crippen LogP contribution in [-0.2, 0) is 0 Å². The molecule has 4 heteroatoms. The van der Waals surface area contributed by atoms with Crippen molar-refractivity contribution in [2.45, 2.75) is 18.8 Å². The Labute approximate surface area is 63.4 Å². The van der Waals surface area contributed by atoms with Crippen LogP contribution in [0.2, 0.25) is 0 Å². The number of hydrogen-bond acceptors (Lipinski definition) is 2. The van der Waals surface area contributed by atoms with E-state index in [1.165, 1.54) is 6.20 Å². The van der Waals surface area contributed by atoms with Gasteiger partial charge in [-0.05, 0) is 18.9 Å². The highest BCUT2D eigenvalue weighted by Crippen LogP contribution is 2.39. The van der Waals surface area contributed by atoms with Gasteiger partial charge in [-0.3, -0.25) is 0 Å². The summed E-state index contributed by atoms with van der Waals surface area (Å²) in [6.07, 6.45) is 2.73. The van der Waals surface area contributed by atoms with Crippen LogP contribution in [-0.4, -0.2) is 21.0 Å². The Balaban J connectivity index is 2.37. The van der Waals surface area contributed by atoms with Crippen LogP contribution in [0.25, 0.3) is 0 Å². The van der Waals surface area contributed by atoms with Crippen molar-refractivity contribution in [1.82, 2.24) is 9.78 Å². The first-order chi connectivity index (χ1) is 5.29. The summed E-state index contributed by atoms with van der Waals surface area (Å²) < 4.78 is 1.05. The van der Waals surface area contributed by atoms with Crippen molar-refractivity contribution in [2.24, 2.45) is 0 Å². The number of aromatic nitrogens is 2. The second-order valence-corrected chi connectivity index (χ2v) is 2.72. The molecule has 0 aromatic carbocycles. The maximum absolute atomic E-state index is 10.5. The van der Waals surface area contributed by atoms with E-state index in [1.54, 1.807) is 6.07 Å². The van der Waals surface area contributed by atoms with E-state index in [0.717, 1.165) is 23.2 Å². The summed E-state index contributed by atoms with van der Waals surface area (Å²) in [6.45, 7) is 0. The van der Waals surface area contributed by atoms with Gasteiger partial charge in [-0.1, -0.05) is 0 Å². The molecule has 58 valence electrons. The predicted octanol–water partition coefficient (Wildman–Crippen LogP) is 1.29. The Bertz CT molecular complexity index is 288. The Morgan fingerprint density at radius 3 is 3.00 bits per heavy atom. The molecule has 2 rings (SSSR count).